The smallest absolute Gasteiger partial charge is 0.282 e. The molecule has 0 bridgehead atoms. The van der Waals surface area contributed by atoms with Crippen LogP contribution in [0.25, 0.3) is 0 Å². The van der Waals surface area contributed by atoms with Crippen molar-refractivity contribution in [1.82, 2.24) is 13.9 Å². The van der Waals surface area contributed by atoms with Crippen LogP contribution in [0.2, 0.25) is 0 Å². The maximum Gasteiger partial charge on any atom is 0.282 e. The Hall–Kier alpha value is -0.170. The lowest BCUT2D eigenvalue weighted by atomic mass is 10.1. The molecule has 0 aromatic carbocycles. The summed E-state index contributed by atoms with van der Waals surface area (Å²) in [6, 6.07) is 0.305. The first-order chi connectivity index (χ1) is 8.06. The molecule has 1 atom stereocenters. The Bertz CT molecular complexity index is 313. The van der Waals surface area contributed by atoms with Gasteiger partial charge in [-0.15, -0.1) is 0 Å². The van der Waals surface area contributed by atoms with Crippen molar-refractivity contribution in [3.8, 4) is 0 Å². The normalized spacial score (nSPS) is 23.2. The largest absolute Gasteiger partial charge is 0.313 e. The van der Waals surface area contributed by atoms with E-state index >= 15 is 0 Å². The van der Waals surface area contributed by atoms with Crippen molar-refractivity contribution in [1.29, 1.82) is 0 Å². The lowest BCUT2D eigenvalue weighted by molar-refractivity contribution is 0.266. The Labute approximate surface area is 105 Å². The molecular weight excluding hydrogens is 238 g/mol. The number of nitrogens with one attached hydrogen (secondary N) is 1. The van der Waals surface area contributed by atoms with Crippen LogP contribution in [0.1, 0.15) is 33.6 Å². The van der Waals surface area contributed by atoms with Crippen LogP contribution in [-0.2, 0) is 10.2 Å². The lowest BCUT2D eigenvalue weighted by Crippen LogP contribution is -2.52. The van der Waals surface area contributed by atoms with Gasteiger partial charge in [0.25, 0.3) is 10.2 Å². The Balaban J connectivity index is 2.70. The third-order valence-electron chi connectivity index (χ3n) is 3.23. The lowest BCUT2D eigenvalue weighted by Gasteiger charge is -2.35. The van der Waals surface area contributed by atoms with Crippen molar-refractivity contribution >= 4 is 10.2 Å². The van der Waals surface area contributed by atoms with Gasteiger partial charge >= 0.3 is 0 Å². The van der Waals surface area contributed by atoms with Gasteiger partial charge in [-0.05, 0) is 19.4 Å². The fourth-order valence-corrected chi connectivity index (χ4v) is 4.03. The summed E-state index contributed by atoms with van der Waals surface area (Å²) >= 11 is 0. The summed E-state index contributed by atoms with van der Waals surface area (Å²) in [5.74, 6) is 0. The highest BCUT2D eigenvalue weighted by molar-refractivity contribution is 7.86. The molecule has 5 nitrogen and oxygen atoms in total. The monoisotopic (exact) mass is 263 g/mol. The van der Waals surface area contributed by atoms with Gasteiger partial charge in [-0.3, -0.25) is 0 Å². The van der Waals surface area contributed by atoms with Crippen LogP contribution in [0, 0.1) is 0 Å². The van der Waals surface area contributed by atoms with Crippen LogP contribution < -0.4 is 5.32 Å². The van der Waals surface area contributed by atoms with Crippen molar-refractivity contribution in [2.75, 3.05) is 32.7 Å². The second kappa shape index (κ2) is 6.68. The van der Waals surface area contributed by atoms with E-state index in [1.807, 2.05) is 13.8 Å². The van der Waals surface area contributed by atoms with Gasteiger partial charge < -0.3 is 5.32 Å². The average Bonchev–Trinajstić information content (AvgIpc) is 2.31. The van der Waals surface area contributed by atoms with E-state index in [0.29, 0.717) is 32.2 Å². The quantitative estimate of drug-likeness (QED) is 0.765. The van der Waals surface area contributed by atoms with Crippen molar-refractivity contribution in [3.63, 3.8) is 0 Å². The molecule has 0 aliphatic carbocycles. The molecule has 1 aliphatic rings. The predicted molar refractivity (Wildman–Crippen MR) is 70.1 cm³/mol. The fraction of sp³-hybridized carbons (Fsp3) is 1.00. The van der Waals surface area contributed by atoms with Crippen molar-refractivity contribution in [2.24, 2.45) is 0 Å². The summed E-state index contributed by atoms with van der Waals surface area (Å²) in [6.45, 7) is 9.05. The molecule has 1 unspecified atom stereocenters. The molecule has 1 fully saturated rings. The molecule has 1 N–H and O–H groups in total. The van der Waals surface area contributed by atoms with E-state index < -0.39 is 10.2 Å². The minimum atomic E-state index is -3.25. The van der Waals surface area contributed by atoms with Gasteiger partial charge in [0.2, 0.25) is 0 Å². The molecular formula is C11H25N3O2S. The second-order valence-corrected chi connectivity index (χ2v) is 6.28. The maximum absolute atomic E-state index is 12.3. The third kappa shape index (κ3) is 3.64. The van der Waals surface area contributed by atoms with Crippen molar-refractivity contribution in [3.05, 3.63) is 0 Å². The van der Waals surface area contributed by atoms with E-state index in [0.717, 1.165) is 19.4 Å². The zero-order chi connectivity index (χ0) is 12.9. The number of hydrogen-bond donors (Lipinski definition) is 1. The number of rotatable bonds is 6. The van der Waals surface area contributed by atoms with Gasteiger partial charge in [0.05, 0.1) is 0 Å². The summed E-state index contributed by atoms with van der Waals surface area (Å²) in [4.78, 5) is 0. The van der Waals surface area contributed by atoms with E-state index in [1.54, 1.807) is 4.31 Å². The Morgan fingerprint density at radius 1 is 1.29 bits per heavy atom. The van der Waals surface area contributed by atoms with Crippen LogP contribution in [0.5, 0.6) is 0 Å². The molecule has 1 aliphatic heterocycles. The standard InChI is InChI=1S/C11H25N3O2S/c1-4-12-11-8-7-9-14(10-11)17(15,16)13(5-2)6-3/h11-12H,4-10H2,1-3H3. The highest BCUT2D eigenvalue weighted by Gasteiger charge is 2.31. The minimum absolute atomic E-state index is 0.305. The third-order valence-corrected chi connectivity index (χ3v) is 5.39. The Morgan fingerprint density at radius 2 is 1.94 bits per heavy atom. The highest BCUT2D eigenvalue weighted by Crippen LogP contribution is 2.16. The SMILES string of the molecule is CCNC1CCCN(S(=O)(=O)N(CC)CC)C1. The van der Waals surface area contributed by atoms with Crippen LogP contribution in [0.15, 0.2) is 0 Å². The van der Waals surface area contributed by atoms with Gasteiger partial charge in [0.15, 0.2) is 0 Å². The van der Waals surface area contributed by atoms with Crippen LogP contribution in [0.3, 0.4) is 0 Å². The van der Waals surface area contributed by atoms with E-state index in [-0.39, 0.29) is 0 Å². The van der Waals surface area contributed by atoms with Gasteiger partial charge in [-0.1, -0.05) is 20.8 Å². The molecule has 0 aromatic heterocycles. The zero-order valence-corrected chi connectivity index (χ0v) is 12.0. The van der Waals surface area contributed by atoms with E-state index in [1.165, 1.54) is 4.31 Å². The van der Waals surface area contributed by atoms with Gasteiger partial charge in [0, 0.05) is 32.2 Å². The van der Waals surface area contributed by atoms with Gasteiger partial charge in [-0.25, -0.2) is 0 Å². The Kier molecular flexibility index (Phi) is 5.85. The molecule has 1 heterocycles. The predicted octanol–water partition coefficient (Wildman–Crippen LogP) is 0.647. The highest BCUT2D eigenvalue weighted by atomic mass is 32.2. The van der Waals surface area contributed by atoms with Crippen LogP contribution in [-0.4, -0.2) is 55.8 Å². The molecule has 0 aromatic rings. The number of nitrogens with zero attached hydrogens (tertiary/aromatic N) is 2. The number of hydrogen-bond acceptors (Lipinski definition) is 3. The fourth-order valence-electron chi connectivity index (χ4n) is 2.32. The molecule has 1 rings (SSSR count). The first-order valence-corrected chi connectivity index (χ1v) is 7.94. The molecule has 17 heavy (non-hydrogen) atoms. The van der Waals surface area contributed by atoms with Gasteiger partial charge in [0.1, 0.15) is 0 Å². The van der Waals surface area contributed by atoms with Crippen LogP contribution >= 0.6 is 0 Å². The molecule has 0 amide bonds. The summed E-state index contributed by atoms with van der Waals surface area (Å²) in [7, 11) is -3.25. The molecule has 6 heteroatoms. The van der Waals surface area contributed by atoms with Crippen molar-refractivity contribution < 1.29 is 8.42 Å². The summed E-state index contributed by atoms with van der Waals surface area (Å²) < 4.78 is 27.8. The molecule has 0 radical (unpaired) electrons. The molecule has 0 saturated carbocycles. The van der Waals surface area contributed by atoms with E-state index in [9.17, 15) is 8.42 Å². The summed E-state index contributed by atoms with van der Waals surface area (Å²) in [5, 5.41) is 3.34. The van der Waals surface area contributed by atoms with E-state index in [2.05, 4.69) is 12.2 Å². The first-order valence-electron chi connectivity index (χ1n) is 6.54. The van der Waals surface area contributed by atoms with Gasteiger partial charge in [-0.2, -0.15) is 17.0 Å². The second-order valence-electron chi connectivity index (χ2n) is 4.35. The van der Waals surface area contributed by atoms with Crippen molar-refractivity contribution in [2.45, 2.75) is 39.7 Å². The molecule has 0 spiro atoms. The summed E-state index contributed by atoms with van der Waals surface area (Å²) in [5.41, 5.74) is 0. The Morgan fingerprint density at radius 3 is 2.47 bits per heavy atom. The number of likely N-dealkylation sites (N-methyl/N-ethyl adjacent to an activating group) is 1. The van der Waals surface area contributed by atoms with Crippen LogP contribution in [0.4, 0.5) is 0 Å². The topological polar surface area (TPSA) is 52.7 Å². The first kappa shape index (κ1) is 14.9. The average molecular weight is 263 g/mol. The maximum atomic E-state index is 12.3. The molecule has 102 valence electrons. The number of piperidine rings is 1. The van der Waals surface area contributed by atoms with E-state index in [4.69, 9.17) is 0 Å². The summed E-state index contributed by atoms with van der Waals surface area (Å²) in [6.07, 6.45) is 2.01. The minimum Gasteiger partial charge on any atom is -0.313 e. The zero-order valence-electron chi connectivity index (χ0n) is 11.1. The molecule has 1 saturated heterocycles.